The molecule has 3 unspecified atom stereocenters. The molecule has 0 radical (unpaired) electrons. The normalized spacial score (nSPS) is 23.9. The highest BCUT2D eigenvalue weighted by molar-refractivity contribution is 5.74. The monoisotopic (exact) mass is 285 g/mol. The summed E-state index contributed by atoms with van der Waals surface area (Å²) in [5.74, 6) is -0.134. The molecular formula is C14H27N3O3. The van der Waals surface area contributed by atoms with Crippen LogP contribution < -0.4 is 5.32 Å². The van der Waals surface area contributed by atoms with Crippen molar-refractivity contribution >= 4 is 12.0 Å². The second kappa shape index (κ2) is 7.47. The molecule has 0 aromatic carbocycles. The lowest BCUT2D eigenvalue weighted by molar-refractivity contribution is -0.137. The van der Waals surface area contributed by atoms with Crippen molar-refractivity contribution in [2.24, 2.45) is 11.8 Å². The zero-order valence-corrected chi connectivity index (χ0v) is 12.9. The molecule has 2 amide bonds. The standard InChI is InChI=1S/C14H27N3O3/c1-10(5-6-13(18)19)7-15-14(20)17-8-11(2)12(9-17)16(3)4/h10-12H,5-9H2,1-4H3,(H,15,20)(H,18,19). The van der Waals surface area contributed by atoms with Gasteiger partial charge >= 0.3 is 12.0 Å². The average molecular weight is 285 g/mol. The first-order valence-corrected chi connectivity index (χ1v) is 7.22. The van der Waals surface area contributed by atoms with Gasteiger partial charge in [0.25, 0.3) is 0 Å². The van der Waals surface area contributed by atoms with Crippen molar-refractivity contribution in [2.75, 3.05) is 33.7 Å². The average Bonchev–Trinajstić information content (AvgIpc) is 2.75. The first kappa shape index (κ1) is 16.8. The van der Waals surface area contributed by atoms with Crippen LogP contribution in [0.2, 0.25) is 0 Å². The van der Waals surface area contributed by atoms with E-state index >= 15 is 0 Å². The Labute approximate surface area is 121 Å². The maximum atomic E-state index is 12.1. The van der Waals surface area contributed by atoms with Crippen molar-refractivity contribution in [3.8, 4) is 0 Å². The zero-order valence-electron chi connectivity index (χ0n) is 12.9. The summed E-state index contributed by atoms with van der Waals surface area (Å²) in [4.78, 5) is 26.6. The van der Waals surface area contributed by atoms with Gasteiger partial charge in [-0.1, -0.05) is 13.8 Å². The summed E-state index contributed by atoms with van der Waals surface area (Å²) in [7, 11) is 4.08. The van der Waals surface area contributed by atoms with Gasteiger partial charge in [-0.25, -0.2) is 4.79 Å². The molecule has 0 aromatic rings. The van der Waals surface area contributed by atoms with Crippen LogP contribution in [-0.2, 0) is 4.79 Å². The van der Waals surface area contributed by atoms with Crippen molar-refractivity contribution < 1.29 is 14.7 Å². The Morgan fingerprint density at radius 1 is 1.40 bits per heavy atom. The molecule has 3 atom stereocenters. The summed E-state index contributed by atoms with van der Waals surface area (Å²) < 4.78 is 0. The second-order valence-corrected chi connectivity index (χ2v) is 6.14. The van der Waals surface area contributed by atoms with Gasteiger partial charge in [-0.2, -0.15) is 0 Å². The molecule has 0 saturated carbocycles. The third-order valence-electron chi connectivity index (χ3n) is 3.98. The van der Waals surface area contributed by atoms with Crippen molar-refractivity contribution in [1.29, 1.82) is 0 Å². The molecule has 0 spiro atoms. The van der Waals surface area contributed by atoms with Crippen LogP contribution in [0.3, 0.4) is 0 Å². The van der Waals surface area contributed by atoms with Crippen LogP contribution in [0.15, 0.2) is 0 Å². The molecule has 0 aliphatic carbocycles. The molecule has 1 saturated heterocycles. The van der Waals surface area contributed by atoms with Crippen LogP contribution in [0.4, 0.5) is 4.79 Å². The number of nitrogens with one attached hydrogen (secondary N) is 1. The van der Waals surface area contributed by atoms with Gasteiger partial charge in [0.2, 0.25) is 0 Å². The second-order valence-electron chi connectivity index (χ2n) is 6.14. The molecule has 20 heavy (non-hydrogen) atoms. The van der Waals surface area contributed by atoms with Gasteiger partial charge in [-0.05, 0) is 32.4 Å². The van der Waals surface area contributed by atoms with E-state index in [9.17, 15) is 9.59 Å². The SMILES string of the molecule is CC(CCC(=O)O)CNC(=O)N1CC(C)C(N(C)C)C1. The molecule has 1 fully saturated rings. The number of carbonyl (C=O) groups excluding carboxylic acids is 1. The highest BCUT2D eigenvalue weighted by Gasteiger charge is 2.33. The van der Waals surface area contributed by atoms with E-state index < -0.39 is 5.97 Å². The van der Waals surface area contributed by atoms with Crippen LogP contribution in [0, 0.1) is 11.8 Å². The topological polar surface area (TPSA) is 72.9 Å². The van der Waals surface area contributed by atoms with Gasteiger partial charge in [0, 0.05) is 32.1 Å². The van der Waals surface area contributed by atoms with Crippen molar-refractivity contribution in [1.82, 2.24) is 15.1 Å². The fourth-order valence-corrected chi connectivity index (χ4v) is 2.63. The molecule has 1 heterocycles. The van der Waals surface area contributed by atoms with Crippen LogP contribution >= 0.6 is 0 Å². The van der Waals surface area contributed by atoms with E-state index in [2.05, 4.69) is 17.1 Å². The minimum Gasteiger partial charge on any atom is -0.481 e. The Morgan fingerprint density at radius 2 is 2.05 bits per heavy atom. The number of amides is 2. The molecule has 6 heteroatoms. The quantitative estimate of drug-likeness (QED) is 0.766. The molecule has 6 nitrogen and oxygen atoms in total. The van der Waals surface area contributed by atoms with Gasteiger partial charge in [-0.3, -0.25) is 4.79 Å². The highest BCUT2D eigenvalue weighted by Crippen LogP contribution is 2.19. The van der Waals surface area contributed by atoms with Gasteiger partial charge in [0.1, 0.15) is 0 Å². The number of likely N-dealkylation sites (tertiary alicyclic amines) is 1. The lowest BCUT2D eigenvalue weighted by Crippen LogP contribution is -2.42. The third kappa shape index (κ3) is 5.00. The van der Waals surface area contributed by atoms with E-state index in [4.69, 9.17) is 5.11 Å². The van der Waals surface area contributed by atoms with Gasteiger partial charge in [0.05, 0.1) is 0 Å². The Bertz CT molecular complexity index is 347. The lowest BCUT2D eigenvalue weighted by atomic mass is 10.1. The molecular weight excluding hydrogens is 258 g/mol. The van der Waals surface area contributed by atoms with Crippen LogP contribution in [0.25, 0.3) is 0 Å². The number of urea groups is 1. The third-order valence-corrected chi connectivity index (χ3v) is 3.98. The summed E-state index contributed by atoms with van der Waals surface area (Å²) in [5.41, 5.74) is 0. The fraction of sp³-hybridized carbons (Fsp3) is 0.857. The van der Waals surface area contributed by atoms with Gasteiger partial charge in [0.15, 0.2) is 0 Å². The van der Waals surface area contributed by atoms with E-state index in [1.165, 1.54) is 0 Å². The molecule has 1 aliphatic heterocycles. The lowest BCUT2D eigenvalue weighted by Gasteiger charge is -2.22. The van der Waals surface area contributed by atoms with E-state index in [1.807, 2.05) is 25.9 Å². The minimum absolute atomic E-state index is 0.0385. The number of hydrogen-bond donors (Lipinski definition) is 2. The summed E-state index contributed by atoms with van der Waals surface area (Å²) in [6.07, 6.45) is 0.743. The Kier molecular flexibility index (Phi) is 6.26. The number of carboxylic acid groups (broad SMARTS) is 1. The largest absolute Gasteiger partial charge is 0.481 e. The van der Waals surface area contributed by atoms with E-state index in [1.54, 1.807) is 0 Å². The van der Waals surface area contributed by atoms with Crippen molar-refractivity contribution in [3.63, 3.8) is 0 Å². The predicted octanol–water partition coefficient (Wildman–Crippen LogP) is 1.08. The number of likely N-dealkylation sites (N-methyl/N-ethyl adjacent to an activating group) is 1. The number of rotatable bonds is 6. The predicted molar refractivity (Wildman–Crippen MR) is 77.6 cm³/mol. The Morgan fingerprint density at radius 3 is 2.55 bits per heavy atom. The smallest absolute Gasteiger partial charge is 0.317 e. The van der Waals surface area contributed by atoms with E-state index in [0.29, 0.717) is 24.9 Å². The maximum absolute atomic E-state index is 12.1. The molecule has 2 N–H and O–H groups in total. The van der Waals surface area contributed by atoms with Crippen LogP contribution in [0.1, 0.15) is 26.7 Å². The summed E-state index contributed by atoms with van der Waals surface area (Å²) in [6, 6.07) is 0.369. The number of hydrogen-bond acceptors (Lipinski definition) is 3. The van der Waals surface area contributed by atoms with E-state index in [-0.39, 0.29) is 18.4 Å². The number of carboxylic acids is 1. The summed E-state index contributed by atoms with van der Waals surface area (Å²) >= 11 is 0. The van der Waals surface area contributed by atoms with Crippen LogP contribution in [0.5, 0.6) is 0 Å². The number of nitrogens with zero attached hydrogens (tertiary/aromatic N) is 2. The Balaban J connectivity index is 2.31. The van der Waals surface area contributed by atoms with E-state index in [0.717, 1.165) is 13.1 Å². The molecule has 0 aromatic heterocycles. The van der Waals surface area contributed by atoms with Crippen molar-refractivity contribution in [2.45, 2.75) is 32.7 Å². The fourth-order valence-electron chi connectivity index (χ4n) is 2.63. The maximum Gasteiger partial charge on any atom is 0.317 e. The highest BCUT2D eigenvalue weighted by atomic mass is 16.4. The number of aliphatic carboxylic acids is 1. The minimum atomic E-state index is -0.787. The molecule has 1 aliphatic rings. The van der Waals surface area contributed by atoms with Crippen molar-refractivity contribution in [3.05, 3.63) is 0 Å². The molecule has 116 valence electrons. The molecule has 0 bridgehead atoms. The van der Waals surface area contributed by atoms with Crippen LogP contribution in [-0.4, -0.2) is 66.7 Å². The van der Waals surface area contributed by atoms with Gasteiger partial charge < -0.3 is 20.2 Å². The molecule has 1 rings (SSSR count). The van der Waals surface area contributed by atoms with Gasteiger partial charge in [-0.15, -0.1) is 0 Å². The first-order chi connectivity index (χ1) is 9.31. The summed E-state index contributed by atoms with van der Waals surface area (Å²) in [5, 5.41) is 11.5. The number of carbonyl (C=O) groups is 2. The Hall–Kier alpha value is -1.30. The zero-order chi connectivity index (χ0) is 15.3. The first-order valence-electron chi connectivity index (χ1n) is 7.22. The summed E-state index contributed by atoms with van der Waals surface area (Å²) in [6.45, 7) is 6.18.